The van der Waals surface area contributed by atoms with Crippen molar-refractivity contribution in [3.63, 3.8) is 0 Å². The molecule has 1 heterocycles. The molecule has 2 rings (SSSR count). The fraction of sp³-hybridized carbons (Fsp3) is 0.500. The van der Waals surface area contributed by atoms with Crippen LogP contribution in [-0.4, -0.2) is 18.8 Å². The monoisotopic (exact) mass is 191 g/mol. The molecule has 0 amide bonds. The Balaban J connectivity index is 2.10. The van der Waals surface area contributed by atoms with Crippen LogP contribution < -0.4 is 5.73 Å². The summed E-state index contributed by atoms with van der Waals surface area (Å²) < 4.78 is 5.34. The largest absolute Gasteiger partial charge is 0.379 e. The lowest BCUT2D eigenvalue weighted by Crippen LogP contribution is -2.42. The third kappa shape index (κ3) is 2.14. The first-order valence-electron chi connectivity index (χ1n) is 5.10. The number of hydrogen-bond donors (Lipinski definition) is 1. The fourth-order valence-corrected chi connectivity index (χ4v) is 1.99. The molecule has 0 bridgehead atoms. The quantitative estimate of drug-likeness (QED) is 0.771. The highest BCUT2D eigenvalue weighted by Gasteiger charge is 2.30. The Bertz CT molecular complexity index is 316. The number of nitrogens with two attached hydrogens (primary N) is 1. The minimum absolute atomic E-state index is 0.131. The molecule has 1 atom stereocenters. The summed E-state index contributed by atoms with van der Waals surface area (Å²) >= 11 is 0. The zero-order valence-electron chi connectivity index (χ0n) is 8.62. The number of ether oxygens (including phenoxy) is 1. The van der Waals surface area contributed by atoms with Crippen LogP contribution >= 0.6 is 0 Å². The molecule has 14 heavy (non-hydrogen) atoms. The third-order valence-electron chi connectivity index (χ3n) is 2.77. The van der Waals surface area contributed by atoms with Gasteiger partial charge in [-0.1, -0.05) is 29.8 Å². The van der Waals surface area contributed by atoms with Gasteiger partial charge in [0.1, 0.15) is 0 Å². The van der Waals surface area contributed by atoms with E-state index in [1.807, 2.05) is 0 Å². The number of aryl methyl sites for hydroxylation is 1. The molecule has 2 heteroatoms. The first kappa shape index (κ1) is 9.69. The molecule has 2 nitrogen and oxygen atoms in total. The maximum Gasteiger partial charge on any atom is 0.0650 e. The first-order valence-corrected chi connectivity index (χ1v) is 5.10. The second-order valence-electron chi connectivity index (χ2n) is 4.33. The average Bonchev–Trinajstić information content (AvgIpc) is 2.51. The van der Waals surface area contributed by atoms with E-state index >= 15 is 0 Å². The zero-order valence-corrected chi connectivity index (χ0v) is 8.62. The Labute approximate surface area is 85.1 Å². The van der Waals surface area contributed by atoms with Gasteiger partial charge in [-0.15, -0.1) is 0 Å². The molecule has 1 fully saturated rings. The predicted molar refractivity (Wildman–Crippen MR) is 57.2 cm³/mol. The van der Waals surface area contributed by atoms with Crippen LogP contribution in [0.5, 0.6) is 0 Å². The SMILES string of the molecule is Cc1cccc(CC2(N)CCOC2)c1. The topological polar surface area (TPSA) is 35.2 Å². The highest BCUT2D eigenvalue weighted by Crippen LogP contribution is 2.21. The van der Waals surface area contributed by atoms with Gasteiger partial charge in [-0.25, -0.2) is 0 Å². The van der Waals surface area contributed by atoms with Crippen molar-refractivity contribution in [2.75, 3.05) is 13.2 Å². The standard InChI is InChI=1S/C12H17NO/c1-10-3-2-4-11(7-10)8-12(13)5-6-14-9-12/h2-4,7H,5-6,8-9,13H2,1H3. The van der Waals surface area contributed by atoms with Crippen LogP contribution in [0.2, 0.25) is 0 Å². The van der Waals surface area contributed by atoms with Gasteiger partial charge in [-0.2, -0.15) is 0 Å². The summed E-state index contributed by atoms with van der Waals surface area (Å²) in [5.41, 5.74) is 8.70. The molecule has 0 aliphatic carbocycles. The van der Waals surface area contributed by atoms with Crippen molar-refractivity contribution in [3.05, 3.63) is 35.4 Å². The normalized spacial score (nSPS) is 26.7. The van der Waals surface area contributed by atoms with Gasteiger partial charge in [0.25, 0.3) is 0 Å². The van der Waals surface area contributed by atoms with Gasteiger partial charge in [0.15, 0.2) is 0 Å². The molecule has 1 aromatic rings. The fourth-order valence-electron chi connectivity index (χ4n) is 1.99. The Hall–Kier alpha value is -0.860. The number of benzene rings is 1. The Kier molecular flexibility index (Phi) is 2.57. The minimum Gasteiger partial charge on any atom is -0.379 e. The van der Waals surface area contributed by atoms with Gasteiger partial charge < -0.3 is 10.5 Å². The first-order chi connectivity index (χ1) is 6.68. The van der Waals surface area contributed by atoms with Crippen LogP contribution in [-0.2, 0) is 11.2 Å². The van der Waals surface area contributed by atoms with Crippen molar-refractivity contribution < 1.29 is 4.74 Å². The van der Waals surface area contributed by atoms with Gasteiger partial charge >= 0.3 is 0 Å². The zero-order chi connectivity index (χ0) is 10.0. The summed E-state index contributed by atoms with van der Waals surface area (Å²) in [6.45, 7) is 3.61. The molecule has 76 valence electrons. The lowest BCUT2D eigenvalue weighted by atomic mass is 9.91. The molecular formula is C12H17NO. The minimum atomic E-state index is -0.131. The van der Waals surface area contributed by atoms with Crippen molar-refractivity contribution in [1.82, 2.24) is 0 Å². The van der Waals surface area contributed by atoms with Gasteiger partial charge in [-0.05, 0) is 25.3 Å². The molecule has 1 aliphatic rings. The molecule has 2 N–H and O–H groups in total. The maximum absolute atomic E-state index is 6.22. The Morgan fingerprint density at radius 2 is 2.36 bits per heavy atom. The van der Waals surface area contributed by atoms with E-state index in [9.17, 15) is 0 Å². The summed E-state index contributed by atoms with van der Waals surface area (Å²) in [4.78, 5) is 0. The predicted octanol–water partition coefficient (Wildman–Crippen LogP) is 1.66. The van der Waals surface area contributed by atoms with Crippen LogP contribution in [0.1, 0.15) is 17.5 Å². The highest BCUT2D eigenvalue weighted by atomic mass is 16.5. The smallest absolute Gasteiger partial charge is 0.0650 e. The number of hydrogen-bond acceptors (Lipinski definition) is 2. The molecule has 1 aromatic carbocycles. The maximum atomic E-state index is 6.22. The second-order valence-corrected chi connectivity index (χ2v) is 4.33. The molecule has 0 spiro atoms. The van der Waals surface area contributed by atoms with Crippen LogP contribution in [0.25, 0.3) is 0 Å². The molecule has 1 unspecified atom stereocenters. The molecule has 0 aromatic heterocycles. The van der Waals surface area contributed by atoms with E-state index in [1.165, 1.54) is 11.1 Å². The van der Waals surface area contributed by atoms with Gasteiger partial charge in [0, 0.05) is 12.1 Å². The van der Waals surface area contributed by atoms with Crippen LogP contribution in [0, 0.1) is 6.92 Å². The Morgan fingerprint density at radius 3 is 3.00 bits per heavy atom. The van der Waals surface area contributed by atoms with E-state index in [4.69, 9.17) is 10.5 Å². The van der Waals surface area contributed by atoms with E-state index in [-0.39, 0.29) is 5.54 Å². The number of rotatable bonds is 2. The lowest BCUT2D eigenvalue weighted by Gasteiger charge is -2.21. The van der Waals surface area contributed by atoms with E-state index in [1.54, 1.807) is 0 Å². The van der Waals surface area contributed by atoms with Crippen molar-refractivity contribution in [2.45, 2.75) is 25.3 Å². The molecule has 1 aliphatic heterocycles. The van der Waals surface area contributed by atoms with Crippen LogP contribution in [0.3, 0.4) is 0 Å². The van der Waals surface area contributed by atoms with E-state index < -0.39 is 0 Å². The molecule has 1 saturated heterocycles. The van der Waals surface area contributed by atoms with Crippen molar-refractivity contribution >= 4 is 0 Å². The van der Waals surface area contributed by atoms with Crippen molar-refractivity contribution in [2.24, 2.45) is 5.73 Å². The second kappa shape index (κ2) is 3.71. The molecule has 0 saturated carbocycles. The summed E-state index contributed by atoms with van der Waals surface area (Å²) in [5, 5.41) is 0. The average molecular weight is 191 g/mol. The Morgan fingerprint density at radius 1 is 1.50 bits per heavy atom. The summed E-state index contributed by atoms with van der Waals surface area (Å²) in [7, 11) is 0. The third-order valence-corrected chi connectivity index (χ3v) is 2.77. The van der Waals surface area contributed by atoms with Crippen molar-refractivity contribution in [3.8, 4) is 0 Å². The molecular weight excluding hydrogens is 174 g/mol. The summed E-state index contributed by atoms with van der Waals surface area (Å²) in [6, 6.07) is 8.54. The summed E-state index contributed by atoms with van der Waals surface area (Å²) in [6.07, 6.45) is 1.90. The van der Waals surface area contributed by atoms with Crippen LogP contribution in [0.4, 0.5) is 0 Å². The van der Waals surface area contributed by atoms with E-state index in [0.717, 1.165) is 19.4 Å². The van der Waals surface area contributed by atoms with Gasteiger partial charge in [-0.3, -0.25) is 0 Å². The van der Waals surface area contributed by atoms with E-state index in [0.29, 0.717) is 6.61 Å². The molecule has 0 radical (unpaired) electrons. The van der Waals surface area contributed by atoms with E-state index in [2.05, 4.69) is 31.2 Å². The summed E-state index contributed by atoms with van der Waals surface area (Å²) in [5.74, 6) is 0. The van der Waals surface area contributed by atoms with Gasteiger partial charge in [0.2, 0.25) is 0 Å². The van der Waals surface area contributed by atoms with Crippen LogP contribution in [0.15, 0.2) is 24.3 Å². The van der Waals surface area contributed by atoms with Gasteiger partial charge in [0.05, 0.1) is 6.61 Å². The highest BCUT2D eigenvalue weighted by molar-refractivity contribution is 5.24. The van der Waals surface area contributed by atoms with Crippen molar-refractivity contribution in [1.29, 1.82) is 0 Å². The lowest BCUT2D eigenvalue weighted by molar-refractivity contribution is 0.178.